The minimum atomic E-state index is -2.79. The standard InChI is InChI=1S/C18H19N3O/c1-12-19-9-10-21(12)11-13-7-8-16-17(18(13)22)14-5-3-4-6-15(14)20(16)2/h3-6,9-10,13H,7-8,11H2,1-2H3/i7D2,8D2,11D2. The quantitative estimate of drug-likeness (QED) is 0.729. The molecule has 1 aliphatic rings. The molecule has 22 heavy (non-hydrogen) atoms. The Labute approximate surface area is 137 Å². The third-order valence-corrected chi connectivity index (χ3v) is 4.04. The SMILES string of the molecule is [2H]C([2H])(C1C(=O)c2c(n(C)c3ccccc23)C([2H])([2H])C1([2H])[2H])n1ccnc1C. The molecule has 4 nitrogen and oxygen atoms in total. The number of rotatable bonds is 2. The Morgan fingerprint density at radius 2 is 2.27 bits per heavy atom. The summed E-state index contributed by atoms with van der Waals surface area (Å²) in [6, 6.07) is 6.89. The van der Waals surface area contributed by atoms with E-state index >= 15 is 0 Å². The number of aryl methyl sites for hydroxylation is 2. The van der Waals surface area contributed by atoms with Gasteiger partial charge in [-0.3, -0.25) is 4.79 Å². The summed E-state index contributed by atoms with van der Waals surface area (Å²) < 4.78 is 54.0. The molecule has 112 valence electrons. The van der Waals surface area contributed by atoms with E-state index in [-0.39, 0.29) is 17.1 Å². The molecule has 0 aliphatic heterocycles. The summed E-state index contributed by atoms with van der Waals surface area (Å²) >= 11 is 0. The summed E-state index contributed by atoms with van der Waals surface area (Å²) in [6.07, 6.45) is -2.67. The van der Waals surface area contributed by atoms with E-state index in [1.807, 2.05) is 0 Å². The number of fused-ring (bicyclic) bond motifs is 3. The number of ketones is 1. The maximum atomic E-state index is 13.5. The first-order valence-electron chi connectivity index (χ1n) is 10.1. The van der Waals surface area contributed by atoms with Crippen molar-refractivity contribution >= 4 is 16.7 Å². The molecule has 0 saturated heterocycles. The smallest absolute Gasteiger partial charge is 0.170 e. The Balaban J connectivity index is 2.06. The number of carbonyl (C=O) groups is 1. The van der Waals surface area contributed by atoms with E-state index in [2.05, 4.69) is 4.98 Å². The van der Waals surface area contributed by atoms with Crippen molar-refractivity contribution in [3.05, 3.63) is 53.7 Å². The van der Waals surface area contributed by atoms with Crippen molar-refractivity contribution in [1.29, 1.82) is 0 Å². The fourth-order valence-electron chi connectivity index (χ4n) is 2.88. The van der Waals surface area contributed by atoms with Crippen LogP contribution in [0.15, 0.2) is 36.7 Å². The molecular weight excluding hydrogens is 274 g/mol. The van der Waals surface area contributed by atoms with E-state index in [0.29, 0.717) is 10.9 Å². The highest BCUT2D eigenvalue weighted by atomic mass is 16.1. The number of imidazole rings is 1. The first kappa shape index (κ1) is 8.32. The molecule has 1 atom stereocenters. The molecule has 0 amide bonds. The van der Waals surface area contributed by atoms with Gasteiger partial charge in [0.25, 0.3) is 0 Å². The average Bonchev–Trinajstić information content (AvgIpc) is 3.16. The molecule has 0 N–H and O–H groups in total. The van der Waals surface area contributed by atoms with Crippen molar-refractivity contribution in [2.45, 2.75) is 26.2 Å². The van der Waals surface area contributed by atoms with Gasteiger partial charge in [0.15, 0.2) is 5.78 Å². The Hall–Kier alpha value is -2.36. The predicted octanol–water partition coefficient (Wildman–Crippen LogP) is 3.13. The summed E-state index contributed by atoms with van der Waals surface area (Å²) in [5, 5.41) is 0.493. The first-order chi connectivity index (χ1) is 12.9. The van der Waals surface area contributed by atoms with Crippen molar-refractivity contribution < 1.29 is 13.0 Å². The monoisotopic (exact) mass is 299 g/mol. The predicted molar refractivity (Wildman–Crippen MR) is 86.0 cm³/mol. The Morgan fingerprint density at radius 1 is 1.45 bits per heavy atom. The normalized spacial score (nSPS) is 27.2. The topological polar surface area (TPSA) is 39.8 Å². The number of aromatic nitrogens is 3. The number of Topliss-reactive ketones (excluding diaryl/α,β-unsaturated/α-hetero) is 1. The van der Waals surface area contributed by atoms with E-state index in [9.17, 15) is 4.79 Å². The van der Waals surface area contributed by atoms with Crippen LogP contribution in [0.25, 0.3) is 10.9 Å². The number of carbonyl (C=O) groups excluding carboxylic acids is 1. The van der Waals surface area contributed by atoms with Crippen LogP contribution in [0.4, 0.5) is 0 Å². The van der Waals surface area contributed by atoms with E-state index in [1.165, 1.54) is 17.0 Å². The van der Waals surface area contributed by atoms with E-state index in [0.717, 1.165) is 4.57 Å². The van der Waals surface area contributed by atoms with Crippen LogP contribution < -0.4 is 0 Å². The highest BCUT2D eigenvalue weighted by Crippen LogP contribution is 2.34. The molecule has 0 spiro atoms. The summed E-state index contributed by atoms with van der Waals surface area (Å²) in [5.41, 5.74) is 0.587. The fraction of sp³-hybridized carbons (Fsp3) is 0.333. The van der Waals surface area contributed by atoms with E-state index in [4.69, 9.17) is 8.22 Å². The fourth-order valence-corrected chi connectivity index (χ4v) is 2.88. The Morgan fingerprint density at radius 3 is 3.05 bits per heavy atom. The van der Waals surface area contributed by atoms with Gasteiger partial charge in [-0.2, -0.15) is 0 Å². The van der Waals surface area contributed by atoms with Crippen molar-refractivity contribution in [3.8, 4) is 0 Å². The minimum Gasteiger partial charge on any atom is -0.347 e. The first-order valence-corrected chi connectivity index (χ1v) is 7.06. The molecule has 0 saturated carbocycles. The Bertz CT molecular complexity index is 1110. The summed E-state index contributed by atoms with van der Waals surface area (Å²) in [6.45, 7) is -0.957. The number of hydrogen-bond acceptors (Lipinski definition) is 2. The molecule has 1 aliphatic carbocycles. The number of para-hydroxylation sites is 1. The third kappa shape index (κ3) is 1.83. The lowest BCUT2D eigenvalue weighted by molar-refractivity contribution is 0.0888. The molecule has 1 unspecified atom stereocenters. The van der Waals surface area contributed by atoms with Gasteiger partial charge in [0.2, 0.25) is 0 Å². The third-order valence-electron chi connectivity index (χ3n) is 4.04. The summed E-state index contributed by atoms with van der Waals surface area (Å²) in [7, 11) is 1.59. The highest BCUT2D eigenvalue weighted by molar-refractivity contribution is 6.11. The minimum absolute atomic E-state index is 0.0462. The highest BCUT2D eigenvalue weighted by Gasteiger charge is 2.32. The lowest BCUT2D eigenvalue weighted by atomic mass is 9.85. The molecule has 0 radical (unpaired) electrons. The van der Waals surface area contributed by atoms with Gasteiger partial charge in [0, 0.05) is 59.5 Å². The maximum Gasteiger partial charge on any atom is 0.170 e. The molecule has 4 rings (SSSR count). The van der Waals surface area contributed by atoms with Gasteiger partial charge in [-0.1, -0.05) is 18.2 Å². The van der Waals surface area contributed by atoms with Crippen molar-refractivity contribution in [2.24, 2.45) is 13.0 Å². The van der Waals surface area contributed by atoms with Gasteiger partial charge in [-0.05, 0) is 25.7 Å². The molecule has 4 heteroatoms. The van der Waals surface area contributed by atoms with Gasteiger partial charge >= 0.3 is 0 Å². The van der Waals surface area contributed by atoms with E-state index in [1.54, 1.807) is 38.2 Å². The molecule has 0 bridgehead atoms. The molecule has 0 fully saturated rings. The van der Waals surface area contributed by atoms with E-state index < -0.39 is 30.9 Å². The van der Waals surface area contributed by atoms with Gasteiger partial charge in [0.05, 0.1) is 2.74 Å². The largest absolute Gasteiger partial charge is 0.347 e. The van der Waals surface area contributed by atoms with Gasteiger partial charge in [-0.25, -0.2) is 4.98 Å². The van der Waals surface area contributed by atoms with Crippen LogP contribution in [0.3, 0.4) is 0 Å². The van der Waals surface area contributed by atoms with Crippen LogP contribution in [0.1, 0.15) is 36.5 Å². The Kier molecular flexibility index (Phi) is 1.83. The molecule has 3 aromatic rings. The zero-order chi connectivity index (χ0) is 20.6. The molecule has 1 aromatic carbocycles. The van der Waals surface area contributed by atoms with Crippen LogP contribution in [-0.2, 0) is 19.9 Å². The van der Waals surface area contributed by atoms with Crippen LogP contribution in [0, 0.1) is 12.8 Å². The number of hydrogen-bond donors (Lipinski definition) is 0. The zero-order valence-electron chi connectivity index (χ0n) is 18.3. The number of nitrogens with zero attached hydrogens (tertiary/aromatic N) is 3. The van der Waals surface area contributed by atoms with Gasteiger partial charge in [-0.15, -0.1) is 0 Å². The van der Waals surface area contributed by atoms with Crippen molar-refractivity contribution in [2.75, 3.05) is 0 Å². The van der Waals surface area contributed by atoms with Crippen LogP contribution in [-0.4, -0.2) is 19.9 Å². The van der Waals surface area contributed by atoms with Crippen LogP contribution in [0.5, 0.6) is 0 Å². The summed E-state index contributed by atoms with van der Waals surface area (Å²) in [5.74, 6) is -2.36. The van der Waals surface area contributed by atoms with Crippen molar-refractivity contribution in [1.82, 2.24) is 14.1 Å². The number of benzene rings is 1. The maximum absolute atomic E-state index is 13.5. The zero-order valence-corrected chi connectivity index (χ0v) is 12.3. The van der Waals surface area contributed by atoms with Gasteiger partial charge < -0.3 is 9.13 Å². The van der Waals surface area contributed by atoms with Crippen LogP contribution >= 0.6 is 0 Å². The molecular formula is C18H19N3O. The van der Waals surface area contributed by atoms with Gasteiger partial charge in [0.1, 0.15) is 5.82 Å². The van der Waals surface area contributed by atoms with Crippen LogP contribution in [0.2, 0.25) is 0 Å². The second kappa shape index (κ2) is 4.83. The average molecular weight is 299 g/mol. The van der Waals surface area contributed by atoms with Crippen molar-refractivity contribution in [3.63, 3.8) is 0 Å². The molecule has 2 heterocycles. The summed E-state index contributed by atoms with van der Waals surface area (Å²) in [4.78, 5) is 17.5. The lowest BCUT2D eigenvalue weighted by Crippen LogP contribution is -2.27. The lowest BCUT2D eigenvalue weighted by Gasteiger charge is -2.23. The molecule has 2 aromatic heterocycles. The second-order valence-electron chi connectivity index (χ2n) is 5.34. The second-order valence-corrected chi connectivity index (χ2v) is 5.34.